The molecule has 2 heterocycles. The maximum absolute atomic E-state index is 10.6. The molecule has 3 nitrogen and oxygen atoms in total. The lowest BCUT2D eigenvalue weighted by molar-refractivity contribution is -0.192. The zero-order valence-corrected chi connectivity index (χ0v) is 15.6. The van der Waals surface area contributed by atoms with Gasteiger partial charge < -0.3 is 10.4 Å². The van der Waals surface area contributed by atoms with Gasteiger partial charge in [0.25, 0.3) is 0 Å². The van der Waals surface area contributed by atoms with Crippen LogP contribution in [-0.2, 0) is 11.2 Å². The molecular formula is C20H22F3NO2S. The lowest BCUT2D eigenvalue weighted by Gasteiger charge is -2.17. The first-order valence-electron chi connectivity index (χ1n) is 8.72. The summed E-state index contributed by atoms with van der Waals surface area (Å²) in [4.78, 5) is 11.7. The maximum Gasteiger partial charge on any atom is 0.490 e. The van der Waals surface area contributed by atoms with E-state index in [-0.39, 0.29) is 0 Å². The van der Waals surface area contributed by atoms with Gasteiger partial charge in [0.15, 0.2) is 0 Å². The Labute approximate surface area is 161 Å². The molecule has 146 valence electrons. The molecule has 0 radical (unpaired) electrons. The summed E-state index contributed by atoms with van der Waals surface area (Å²) in [5.74, 6) is -2.76. The van der Waals surface area contributed by atoms with Gasteiger partial charge in [-0.1, -0.05) is 54.6 Å². The van der Waals surface area contributed by atoms with Crippen LogP contribution in [0.5, 0.6) is 0 Å². The van der Waals surface area contributed by atoms with Crippen molar-refractivity contribution in [2.24, 2.45) is 0 Å². The highest BCUT2D eigenvalue weighted by Crippen LogP contribution is 2.38. The van der Waals surface area contributed by atoms with E-state index in [2.05, 4.69) is 53.8 Å². The van der Waals surface area contributed by atoms with Crippen LogP contribution in [0.4, 0.5) is 13.2 Å². The molecule has 0 unspecified atom stereocenters. The number of piperidine rings is 1. The zero-order chi connectivity index (χ0) is 19.7. The number of benzene rings is 2. The van der Waals surface area contributed by atoms with Crippen LogP contribution in [0.2, 0.25) is 0 Å². The highest BCUT2D eigenvalue weighted by atomic mass is 32.2. The molecule has 27 heavy (non-hydrogen) atoms. The van der Waals surface area contributed by atoms with Gasteiger partial charge in [-0.25, -0.2) is 4.79 Å². The van der Waals surface area contributed by atoms with Gasteiger partial charge in [0, 0.05) is 9.79 Å². The number of carboxylic acids is 1. The first-order valence-corrected chi connectivity index (χ1v) is 9.54. The molecule has 1 fully saturated rings. The summed E-state index contributed by atoms with van der Waals surface area (Å²) in [6.45, 7) is 2.50. The molecule has 2 N–H and O–H groups in total. The molecule has 2 aromatic carbocycles. The summed E-state index contributed by atoms with van der Waals surface area (Å²) in [5, 5.41) is 10.4. The fourth-order valence-corrected chi connectivity index (χ4v) is 3.70. The van der Waals surface area contributed by atoms with E-state index in [1.54, 1.807) is 0 Å². The van der Waals surface area contributed by atoms with Crippen LogP contribution in [0.15, 0.2) is 58.3 Å². The molecular weight excluding hydrogens is 375 g/mol. The molecule has 7 heteroatoms. The summed E-state index contributed by atoms with van der Waals surface area (Å²) >= 11 is 1.88. The molecule has 0 bridgehead atoms. The van der Waals surface area contributed by atoms with Crippen LogP contribution in [-0.4, -0.2) is 30.3 Å². The first kappa shape index (κ1) is 21.3. The largest absolute Gasteiger partial charge is 0.490 e. The minimum absolute atomic E-state index is 1.08. The maximum atomic E-state index is 10.6. The van der Waals surface area contributed by atoms with Crippen molar-refractivity contribution in [2.45, 2.75) is 41.7 Å². The number of nitrogens with one attached hydrogen (secondary N) is 1. The number of carboxylic acid groups (broad SMARTS) is 1. The van der Waals surface area contributed by atoms with E-state index in [0.29, 0.717) is 0 Å². The third-order valence-corrected chi connectivity index (χ3v) is 5.23. The van der Waals surface area contributed by atoms with Gasteiger partial charge in [-0.15, -0.1) is 0 Å². The van der Waals surface area contributed by atoms with Crippen LogP contribution < -0.4 is 5.32 Å². The van der Waals surface area contributed by atoms with Gasteiger partial charge in [0.1, 0.15) is 0 Å². The van der Waals surface area contributed by atoms with E-state index in [9.17, 15) is 13.2 Å². The quantitative estimate of drug-likeness (QED) is 0.552. The van der Waals surface area contributed by atoms with Crippen molar-refractivity contribution >= 4 is 17.7 Å². The Morgan fingerprint density at radius 1 is 0.889 bits per heavy atom. The Hall–Kier alpha value is -1.99. The predicted octanol–water partition coefficient (Wildman–Crippen LogP) is 5.14. The van der Waals surface area contributed by atoms with Crippen molar-refractivity contribution in [3.8, 4) is 0 Å². The smallest absolute Gasteiger partial charge is 0.475 e. The van der Waals surface area contributed by atoms with Crippen LogP contribution >= 0.6 is 11.8 Å². The van der Waals surface area contributed by atoms with Crippen LogP contribution in [0, 0.1) is 0 Å². The number of carbonyl (C=O) groups is 1. The molecule has 2 aromatic rings. The normalized spacial score (nSPS) is 15.1. The second kappa shape index (κ2) is 10.4. The minimum atomic E-state index is -5.08. The molecule has 0 atom stereocenters. The third-order valence-electron chi connectivity index (χ3n) is 4.00. The fraction of sp³-hybridized carbons (Fsp3) is 0.350. The van der Waals surface area contributed by atoms with Crippen molar-refractivity contribution in [3.63, 3.8) is 0 Å². The lowest BCUT2D eigenvalue weighted by atomic mass is 10.0. The summed E-state index contributed by atoms with van der Waals surface area (Å²) < 4.78 is 31.7. The van der Waals surface area contributed by atoms with Crippen molar-refractivity contribution in [1.29, 1.82) is 0 Å². The molecule has 0 amide bonds. The van der Waals surface area contributed by atoms with Crippen LogP contribution in [0.25, 0.3) is 0 Å². The predicted molar refractivity (Wildman–Crippen MR) is 100 cm³/mol. The Morgan fingerprint density at radius 3 is 1.67 bits per heavy atom. The Bertz CT molecular complexity index is 647. The lowest BCUT2D eigenvalue weighted by Crippen LogP contribution is -2.21. The highest BCUT2D eigenvalue weighted by molar-refractivity contribution is 7.99. The monoisotopic (exact) mass is 397 g/mol. The summed E-state index contributed by atoms with van der Waals surface area (Å²) in [7, 11) is 0. The number of aliphatic carboxylic acids is 1. The van der Waals surface area contributed by atoms with E-state index >= 15 is 0 Å². The van der Waals surface area contributed by atoms with Gasteiger partial charge in [0.2, 0.25) is 0 Å². The second-order valence-electron chi connectivity index (χ2n) is 6.11. The summed E-state index contributed by atoms with van der Waals surface area (Å²) in [6, 6.07) is 17.3. The fourth-order valence-electron chi connectivity index (χ4n) is 2.62. The van der Waals surface area contributed by atoms with E-state index < -0.39 is 12.1 Å². The van der Waals surface area contributed by atoms with Gasteiger partial charge >= 0.3 is 12.1 Å². The van der Waals surface area contributed by atoms with E-state index in [0.717, 1.165) is 6.42 Å². The number of fused-ring (bicyclic) bond motifs is 2. The van der Waals surface area contributed by atoms with Crippen molar-refractivity contribution in [2.75, 3.05) is 13.1 Å². The standard InChI is InChI=1S/C13H10S.C5H11N.C2HF3O2/c1-3-7-12-10(5-1)9-11-6-2-4-8-13(11)14-12;1-2-4-6-5-3-1;3-2(4,5)1(6)7/h1-8H,9H2;6H,1-5H2;(H,6,7). The number of hydrogen-bond donors (Lipinski definition) is 2. The van der Waals surface area contributed by atoms with E-state index in [4.69, 9.17) is 9.90 Å². The molecule has 1 saturated heterocycles. The van der Waals surface area contributed by atoms with E-state index in [1.165, 1.54) is 53.3 Å². The zero-order valence-electron chi connectivity index (χ0n) is 14.8. The van der Waals surface area contributed by atoms with Crippen molar-refractivity contribution < 1.29 is 23.1 Å². The molecule has 0 aliphatic carbocycles. The number of rotatable bonds is 0. The summed E-state index contributed by atoms with van der Waals surface area (Å²) in [5.41, 5.74) is 2.91. The van der Waals surface area contributed by atoms with Crippen molar-refractivity contribution in [1.82, 2.24) is 5.32 Å². The van der Waals surface area contributed by atoms with Crippen LogP contribution in [0.3, 0.4) is 0 Å². The summed E-state index contributed by atoms with van der Waals surface area (Å²) in [6.07, 6.45) is 0.215. The van der Waals surface area contributed by atoms with E-state index in [1.807, 2.05) is 11.8 Å². The van der Waals surface area contributed by atoms with Crippen molar-refractivity contribution in [3.05, 3.63) is 59.7 Å². The number of halogens is 3. The SMILES string of the molecule is C1CCNCC1.O=C(O)C(F)(F)F.c1ccc2c(c1)Cc1ccccc1S2. The van der Waals surface area contributed by atoms with Crippen LogP contribution in [0.1, 0.15) is 30.4 Å². The Morgan fingerprint density at radius 2 is 1.33 bits per heavy atom. The van der Waals surface area contributed by atoms with Gasteiger partial charge in [-0.3, -0.25) is 0 Å². The topological polar surface area (TPSA) is 49.3 Å². The second-order valence-corrected chi connectivity index (χ2v) is 7.19. The Balaban J connectivity index is 0.000000170. The third kappa shape index (κ3) is 7.27. The molecule has 2 aliphatic heterocycles. The molecule has 0 spiro atoms. The van der Waals surface area contributed by atoms with Gasteiger partial charge in [-0.2, -0.15) is 13.2 Å². The first-order chi connectivity index (χ1) is 12.9. The molecule has 2 aliphatic rings. The average molecular weight is 397 g/mol. The van der Waals surface area contributed by atoms with Gasteiger partial charge in [0.05, 0.1) is 0 Å². The molecule has 4 rings (SSSR count). The molecule has 0 aromatic heterocycles. The molecule has 0 saturated carbocycles. The number of alkyl halides is 3. The van der Waals surface area contributed by atoms with Gasteiger partial charge in [-0.05, 0) is 55.6 Å². The Kier molecular flexibility index (Phi) is 8.19. The minimum Gasteiger partial charge on any atom is -0.475 e. The average Bonchev–Trinajstić information content (AvgIpc) is 2.68. The number of hydrogen-bond acceptors (Lipinski definition) is 3. The highest BCUT2D eigenvalue weighted by Gasteiger charge is 2.38.